The fraction of sp³-hybridized carbons (Fsp3) is 0.250. The molecule has 0 saturated carbocycles. The monoisotopic (exact) mass is 288 g/mol. The number of hydrogen-bond donors (Lipinski definition) is 1. The number of amides is 1. The van der Waals surface area contributed by atoms with Crippen molar-refractivity contribution in [1.82, 2.24) is 19.7 Å². The number of nitrogens with zero attached hydrogens (tertiary/aromatic N) is 5. The lowest BCUT2D eigenvalue weighted by molar-refractivity contribution is -0.113. The molecule has 7 nitrogen and oxygen atoms in total. The number of rotatable bonds is 4. The molecule has 0 saturated heterocycles. The molecule has 8 heteroatoms. The average Bonchev–Trinajstić information content (AvgIpc) is 2.77. The van der Waals surface area contributed by atoms with Crippen molar-refractivity contribution in [2.75, 3.05) is 11.1 Å². The summed E-state index contributed by atoms with van der Waals surface area (Å²) in [7, 11) is 1.66. The maximum Gasteiger partial charge on any atom is 0.235 e. The maximum atomic E-state index is 11.9. The third-order valence-electron chi connectivity index (χ3n) is 2.45. The van der Waals surface area contributed by atoms with E-state index in [2.05, 4.69) is 20.4 Å². The number of nitriles is 1. The predicted molar refractivity (Wildman–Crippen MR) is 74.0 cm³/mol. The Hall–Kier alpha value is -2.40. The lowest BCUT2D eigenvalue weighted by Gasteiger charge is -2.05. The van der Waals surface area contributed by atoms with E-state index in [9.17, 15) is 4.79 Å². The SMILES string of the molecule is Cc1cc(SCC(=O)Nc2c(C#N)cnn2C)ncn1. The molecule has 0 unspecified atom stereocenters. The highest BCUT2D eigenvalue weighted by Crippen LogP contribution is 2.17. The Morgan fingerprint density at radius 1 is 1.55 bits per heavy atom. The highest BCUT2D eigenvalue weighted by molar-refractivity contribution is 7.99. The van der Waals surface area contributed by atoms with Gasteiger partial charge in [-0.05, 0) is 13.0 Å². The van der Waals surface area contributed by atoms with Gasteiger partial charge in [0.15, 0.2) is 0 Å². The highest BCUT2D eigenvalue weighted by atomic mass is 32.2. The Morgan fingerprint density at radius 2 is 2.35 bits per heavy atom. The van der Waals surface area contributed by atoms with E-state index in [-0.39, 0.29) is 11.7 Å². The zero-order valence-electron chi connectivity index (χ0n) is 11.0. The quantitative estimate of drug-likeness (QED) is 0.669. The lowest BCUT2D eigenvalue weighted by Crippen LogP contribution is -2.17. The Labute approximate surface area is 120 Å². The molecular weight excluding hydrogens is 276 g/mol. The molecule has 0 radical (unpaired) electrons. The predicted octanol–water partition coefficient (Wildman–Crippen LogP) is 1.12. The first-order valence-electron chi connectivity index (χ1n) is 5.73. The molecule has 0 fully saturated rings. The summed E-state index contributed by atoms with van der Waals surface area (Å²) in [6.07, 6.45) is 2.88. The minimum atomic E-state index is -0.216. The molecular formula is C12H12N6OS. The number of aryl methyl sites for hydroxylation is 2. The first-order chi connectivity index (χ1) is 9.60. The molecule has 0 aliphatic heterocycles. The molecule has 0 atom stereocenters. The average molecular weight is 288 g/mol. The maximum absolute atomic E-state index is 11.9. The van der Waals surface area contributed by atoms with Crippen LogP contribution >= 0.6 is 11.8 Å². The minimum Gasteiger partial charge on any atom is -0.309 e. The van der Waals surface area contributed by atoms with Crippen molar-refractivity contribution >= 4 is 23.5 Å². The van der Waals surface area contributed by atoms with Crippen molar-refractivity contribution in [2.24, 2.45) is 7.05 Å². The molecule has 0 aliphatic carbocycles. The molecule has 2 heterocycles. The Balaban J connectivity index is 1.96. The number of anilines is 1. The van der Waals surface area contributed by atoms with Gasteiger partial charge in [0, 0.05) is 12.7 Å². The summed E-state index contributed by atoms with van der Waals surface area (Å²) in [4.78, 5) is 19.9. The van der Waals surface area contributed by atoms with Crippen molar-refractivity contribution < 1.29 is 4.79 Å². The van der Waals surface area contributed by atoms with Crippen molar-refractivity contribution in [3.63, 3.8) is 0 Å². The van der Waals surface area contributed by atoms with Crippen LogP contribution in [0.2, 0.25) is 0 Å². The van der Waals surface area contributed by atoms with Crippen LogP contribution in [0.25, 0.3) is 0 Å². The third-order valence-corrected chi connectivity index (χ3v) is 3.37. The fourth-order valence-electron chi connectivity index (χ4n) is 1.48. The number of carbonyl (C=O) groups excluding carboxylic acids is 1. The summed E-state index contributed by atoms with van der Waals surface area (Å²) >= 11 is 1.31. The second-order valence-corrected chi connectivity index (χ2v) is 4.97. The molecule has 20 heavy (non-hydrogen) atoms. The molecule has 2 aromatic rings. The smallest absolute Gasteiger partial charge is 0.235 e. The topological polar surface area (TPSA) is 96.5 Å². The van der Waals surface area contributed by atoms with Gasteiger partial charge in [-0.15, -0.1) is 0 Å². The van der Waals surface area contributed by atoms with Crippen LogP contribution in [0.5, 0.6) is 0 Å². The Bertz CT molecular complexity index is 675. The zero-order chi connectivity index (χ0) is 14.5. The lowest BCUT2D eigenvalue weighted by atomic mass is 10.3. The third kappa shape index (κ3) is 3.33. The van der Waals surface area contributed by atoms with Gasteiger partial charge in [-0.25, -0.2) is 9.97 Å². The van der Waals surface area contributed by atoms with E-state index >= 15 is 0 Å². The largest absolute Gasteiger partial charge is 0.309 e. The van der Waals surface area contributed by atoms with Crippen molar-refractivity contribution in [3.05, 3.63) is 29.8 Å². The van der Waals surface area contributed by atoms with Crippen LogP contribution < -0.4 is 5.32 Å². The van der Waals surface area contributed by atoms with E-state index in [0.29, 0.717) is 11.4 Å². The first-order valence-corrected chi connectivity index (χ1v) is 6.72. The van der Waals surface area contributed by atoms with Crippen LogP contribution in [-0.4, -0.2) is 31.4 Å². The van der Waals surface area contributed by atoms with E-state index in [1.807, 2.05) is 19.1 Å². The van der Waals surface area contributed by atoms with Gasteiger partial charge in [-0.3, -0.25) is 9.48 Å². The van der Waals surface area contributed by atoms with E-state index < -0.39 is 0 Å². The van der Waals surface area contributed by atoms with Gasteiger partial charge in [0.05, 0.1) is 11.9 Å². The molecule has 1 amide bonds. The number of nitrogens with one attached hydrogen (secondary N) is 1. The van der Waals surface area contributed by atoms with Crippen molar-refractivity contribution in [1.29, 1.82) is 5.26 Å². The summed E-state index contributed by atoms with van der Waals surface area (Å²) in [5.41, 5.74) is 1.19. The van der Waals surface area contributed by atoms with Gasteiger partial charge >= 0.3 is 0 Å². The summed E-state index contributed by atoms with van der Waals surface area (Å²) in [6.45, 7) is 1.86. The highest BCUT2D eigenvalue weighted by Gasteiger charge is 2.12. The molecule has 2 rings (SSSR count). The van der Waals surface area contributed by atoms with Gasteiger partial charge < -0.3 is 5.32 Å². The van der Waals surface area contributed by atoms with Gasteiger partial charge in [0.25, 0.3) is 0 Å². The standard InChI is InChI=1S/C12H12N6OS/c1-8-3-11(15-7-14-8)20-6-10(19)17-12-9(4-13)5-16-18(12)2/h3,5,7H,6H2,1-2H3,(H,17,19). The molecule has 2 aromatic heterocycles. The van der Waals surface area contributed by atoms with Crippen LogP contribution in [0, 0.1) is 18.3 Å². The van der Waals surface area contributed by atoms with Crippen molar-refractivity contribution in [2.45, 2.75) is 11.9 Å². The van der Waals surface area contributed by atoms with Crippen LogP contribution in [0.3, 0.4) is 0 Å². The van der Waals surface area contributed by atoms with Gasteiger partial charge in [0.2, 0.25) is 5.91 Å². The fourth-order valence-corrected chi connectivity index (χ4v) is 2.21. The zero-order valence-corrected chi connectivity index (χ0v) is 11.8. The summed E-state index contributed by atoms with van der Waals surface area (Å²) in [5.74, 6) is 0.385. The number of carbonyl (C=O) groups is 1. The normalized spacial score (nSPS) is 10.1. The Morgan fingerprint density at radius 3 is 3.05 bits per heavy atom. The summed E-state index contributed by atoms with van der Waals surface area (Å²) in [5, 5.41) is 16.2. The van der Waals surface area contributed by atoms with Gasteiger partial charge in [-0.1, -0.05) is 11.8 Å². The molecule has 1 N–H and O–H groups in total. The van der Waals surface area contributed by atoms with Crippen LogP contribution in [0.4, 0.5) is 5.82 Å². The number of hydrogen-bond acceptors (Lipinski definition) is 6. The van der Waals surface area contributed by atoms with E-state index in [1.165, 1.54) is 29.0 Å². The van der Waals surface area contributed by atoms with Crippen LogP contribution in [0.1, 0.15) is 11.3 Å². The minimum absolute atomic E-state index is 0.201. The summed E-state index contributed by atoms with van der Waals surface area (Å²) < 4.78 is 1.45. The molecule has 0 aliphatic rings. The van der Waals surface area contributed by atoms with E-state index in [1.54, 1.807) is 7.05 Å². The Kier molecular flexibility index (Phi) is 4.32. The summed E-state index contributed by atoms with van der Waals surface area (Å²) in [6, 6.07) is 3.79. The van der Waals surface area contributed by atoms with Crippen LogP contribution in [-0.2, 0) is 11.8 Å². The van der Waals surface area contributed by atoms with Crippen molar-refractivity contribution in [3.8, 4) is 6.07 Å². The second-order valence-electron chi connectivity index (χ2n) is 3.98. The molecule has 0 bridgehead atoms. The second kappa shape index (κ2) is 6.16. The number of aromatic nitrogens is 4. The van der Waals surface area contributed by atoms with Gasteiger partial charge in [-0.2, -0.15) is 10.4 Å². The van der Waals surface area contributed by atoms with Crippen LogP contribution in [0.15, 0.2) is 23.6 Å². The van der Waals surface area contributed by atoms with E-state index in [4.69, 9.17) is 5.26 Å². The van der Waals surface area contributed by atoms with Gasteiger partial charge in [0.1, 0.15) is 28.8 Å². The molecule has 0 aromatic carbocycles. The number of thioether (sulfide) groups is 1. The first kappa shape index (κ1) is 14.0. The molecule has 102 valence electrons. The van der Waals surface area contributed by atoms with E-state index in [0.717, 1.165) is 10.7 Å². The molecule has 0 spiro atoms.